The van der Waals surface area contributed by atoms with Crippen molar-refractivity contribution in [2.75, 3.05) is 0 Å². The third-order valence-corrected chi connectivity index (χ3v) is 2.06. The Kier molecular flexibility index (Phi) is 3.50. The lowest BCUT2D eigenvalue weighted by molar-refractivity contribution is -0.137. The summed E-state index contributed by atoms with van der Waals surface area (Å²) in [6.45, 7) is 0.590. The first-order valence-corrected chi connectivity index (χ1v) is 4.55. The number of hydrogen-bond acceptors (Lipinski definition) is 2. The van der Waals surface area contributed by atoms with Crippen molar-refractivity contribution in [1.29, 1.82) is 0 Å². The van der Waals surface area contributed by atoms with E-state index in [9.17, 15) is 9.59 Å². The van der Waals surface area contributed by atoms with Crippen molar-refractivity contribution in [3.63, 3.8) is 0 Å². The van der Waals surface area contributed by atoms with E-state index in [0.29, 0.717) is 13.0 Å². The van der Waals surface area contributed by atoms with E-state index in [1.54, 1.807) is 24.0 Å². The fraction of sp³-hybridized carbons (Fsp3) is 0.556. The number of hydrogen-bond donors (Lipinski definition) is 1. The van der Waals surface area contributed by atoms with Crippen LogP contribution in [-0.4, -0.2) is 20.2 Å². The molecule has 0 amide bonds. The number of nitrogens with zero attached hydrogens (tertiary/aromatic N) is 2. The van der Waals surface area contributed by atoms with Gasteiger partial charge in [-0.05, 0) is 12.8 Å². The van der Waals surface area contributed by atoms with Gasteiger partial charge in [-0.25, -0.2) is 4.79 Å². The fourth-order valence-electron chi connectivity index (χ4n) is 1.24. The molecule has 1 aromatic heterocycles. The minimum Gasteiger partial charge on any atom is -0.481 e. The molecule has 1 heterocycles. The van der Waals surface area contributed by atoms with Crippen molar-refractivity contribution < 1.29 is 9.90 Å². The molecule has 0 aliphatic heterocycles. The molecule has 0 saturated carbocycles. The van der Waals surface area contributed by atoms with E-state index in [2.05, 4.69) is 0 Å². The largest absolute Gasteiger partial charge is 0.481 e. The fourth-order valence-corrected chi connectivity index (χ4v) is 1.24. The Bertz CT molecular complexity index is 364. The van der Waals surface area contributed by atoms with Crippen LogP contribution in [0.4, 0.5) is 0 Å². The van der Waals surface area contributed by atoms with Crippen LogP contribution in [0.15, 0.2) is 17.2 Å². The first kappa shape index (κ1) is 10.6. The minimum atomic E-state index is -0.787. The smallest absolute Gasteiger partial charge is 0.327 e. The van der Waals surface area contributed by atoms with E-state index in [1.807, 2.05) is 0 Å². The average molecular weight is 198 g/mol. The van der Waals surface area contributed by atoms with Crippen LogP contribution in [0.2, 0.25) is 0 Å². The van der Waals surface area contributed by atoms with Gasteiger partial charge in [0.2, 0.25) is 0 Å². The average Bonchev–Trinajstić information content (AvgIpc) is 2.43. The van der Waals surface area contributed by atoms with Gasteiger partial charge in [-0.1, -0.05) is 0 Å². The Morgan fingerprint density at radius 2 is 2.14 bits per heavy atom. The van der Waals surface area contributed by atoms with Gasteiger partial charge in [0.15, 0.2) is 0 Å². The maximum Gasteiger partial charge on any atom is 0.327 e. The topological polar surface area (TPSA) is 64.2 Å². The summed E-state index contributed by atoms with van der Waals surface area (Å²) in [7, 11) is 1.69. The molecular weight excluding hydrogens is 184 g/mol. The second-order valence-corrected chi connectivity index (χ2v) is 3.24. The van der Waals surface area contributed by atoms with Crippen LogP contribution in [-0.2, 0) is 18.4 Å². The number of aromatic nitrogens is 2. The zero-order valence-corrected chi connectivity index (χ0v) is 8.14. The van der Waals surface area contributed by atoms with E-state index in [-0.39, 0.29) is 12.1 Å². The van der Waals surface area contributed by atoms with E-state index in [4.69, 9.17) is 5.11 Å². The number of aryl methyl sites for hydroxylation is 2. The summed E-state index contributed by atoms with van der Waals surface area (Å²) in [4.78, 5) is 21.5. The highest BCUT2D eigenvalue weighted by molar-refractivity contribution is 5.66. The molecular formula is C9H14N2O3. The highest BCUT2D eigenvalue weighted by Crippen LogP contribution is 1.97. The van der Waals surface area contributed by atoms with Gasteiger partial charge in [0.05, 0.1) is 0 Å². The van der Waals surface area contributed by atoms with Crippen molar-refractivity contribution >= 4 is 5.97 Å². The lowest BCUT2D eigenvalue weighted by atomic mass is 10.2. The Hall–Kier alpha value is -1.52. The zero-order valence-electron chi connectivity index (χ0n) is 8.14. The van der Waals surface area contributed by atoms with Gasteiger partial charge >= 0.3 is 11.7 Å². The maximum atomic E-state index is 11.3. The lowest BCUT2D eigenvalue weighted by Gasteiger charge is -1.99. The van der Waals surface area contributed by atoms with Crippen LogP contribution in [0.5, 0.6) is 0 Å². The molecule has 78 valence electrons. The first-order chi connectivity index (χ1) is 6.61. The van der Waals surface area contributed by atoms with Gasteiger partial charge in [-0.2, -0.15) is 0 Å². The summed E-state index contributed by atoms with van der Waals surface area (Å²) in [6, 6.07) is 0. The molecule has 14 heavy (non-hydrogen) atoms. The van der Waals surface area contributed by atoms with Crippen LogP contribution < -0.4 is 5.69 Å². The SMILES string of the molecule is Cn1ccn(CCCCC(=O)O)c1=O. The summed E-state index contributed by atoms with van der Waals surface area (Å²) >= 11 is 0. The van der Waals surface area contributed by atoms with Crippen molar-refractivity contribution in [3.8, 4) is 0 Å². The standard InChI is InChI=1S/C9H14N2O3/c1-10-6-7-11(9(10)14)5-3-2-4-8(12)13/h6-7H,2-5H2,1H3,(H,12,13). The van der Waals surface area contributed by atoms with E-state index < -0.39 is 5.97 Å². The summed E-state index contributed by atoms with van der Waals surface area (Å²) < 4.78 is 3.08. The van der Waals surface area contributed by atoms with Crippen molar-refractivity contribution in [1.82, 2.24) is 9.13 Å². The number of imidazole rings is 1. The highest BCUT2D eigenvalue weighted by atomic mass is 16.4. The van der Waals surface area contributed by atoms with E-state index in [1.165, 1.54) is 4.57 Å². The molecule has 0 fully saturated rings. The Morgan fingerprint density at radius 3 is 2.64 bits per heavy atom. The molecule has 1 N–H and O–H groups in total. The number of carboxylic acids is 1. The minimum absolute atomic E-state index is 0.0553. The molecule has 0 aliphatic rings. The normalized spacial score (nSPS) is 10.4. The van der Waals surface area contributed by atoms with Crippen LogP contribution in [0.1, 0.15) is 19.3 Å². The Balaban J connectivity index is 2.35. The number of rotatable bonds is 5. The molecule has 0 aliphatic carbocycles. The molecule has 0 unspecified atom stereocenters. The number of aliphatic carboxylic acids is 1. The molecule has 0 aromatic carbocycles. The van der Waals surface area contributed by atoms with Crippen LogP contribution in [0.25, 0.3) is 0 Å². The summed E-state index contributed by atoms with van der Waals surface area (Å²) in [6.07, 6.45) is 4.90. The Morgan fingerprint density at radius 1 is 1.43 bits per heavy atom. The molecule has 0 atom stereocenters. The zero-order chi connectivity index (χ0) is 10.6. The molecule has 5 nitrogen and oxygen atoms in total. The van der Waals surface area contributed by atoms with Gasteiger partial charge in [-0.3, -0.25) is 9.36 Å². The second kappa shape index (κ2) is 4.64. The van der Waals surface area contributed by atoms with Crippen LogP contribution >= 0.6 is 0 Å². The van der Waals surface area contributed by atoms with Gasteiger partial charge < -0.3 is 9.67 Å². The van der Waals surface area contributed by atoms with E-state index in [0.717, 1.165) is 6.42 Å². The molecule has 0 saturated heterocycles. The van der Waals surface area contributed by atoms with Crippen molar-refractivity contribution in [3.05, 3.63) is 22.9 Å². The monoisotopic (exact) mass is 198 g/mol. The molecule has 0 spiro atoms. The summed E-state index contributed by atoms with van der Waals surface area (Å²) in [5.41, 5.74) is -0.0553. The Labute approximate surface area is 81.6 Å². The molecule has 0 radical (unpaired) electrons. The van der Waals surface area contributed by atoms with Gasteiger partial charge in [0, 0.05) is 32.4 Å². The van der Waals surface area contributed by atoms with Crippen molar-refractivity contribution in [2.45, 2.75) is 25.8 Å². The lowest BCUT2D eigenvalue weighted by Crippen LogP contribution is -2.21. The molecule has 1 rings (SSSR count). The first-order valence-electron chi connectivity index (χ1n) is 4.55. The van der Waals surface area contributed by atoms with Gasteiger partial charge in [0.1, 0.15) is 0 Å². The third-order valence-electron chi connectivity index (χ3n) is 2.06. The molecule has 0 bridgehead atoms. The summed E-state index contributed by atoms with van der Waals surface area (Å²) in [5.74, 6) is -0.787. The second-order valence-electron chi connectivity index (χ2n) is 3.24. The third kappa shape index (κ3) is 2.76. The predicted octanol–water partition coefficient (Wildman–Crippen LogP) is 0.442. The van der Waals surface area contributed by atoms with Gasteiger partial charge in [-0.15, -0.1) is 0 Å². The summed E-state index contributed by atoms with van der Waals surface area (Å²) in [5, 5.41) is 8.40. The van der Waals surface area contributed by atoms with Crippen LogP contribution in [0.3, 0.4) is 0 Å². The quantitative estimate of drug-likeness (QED) is 0.698. The number of unbranched alkanes of at least 4 members (excludes halogenated alkanes) is 1. The van der Waals surface area contributed by atoms with Crippen LogP contribution in [0, 0.1) is 0 Å². The van der Waals surface area contributed by atoms with Crippen molar-refractivity contribution in [2.24, 2.45) is 7.05 Å². The van der Waals surface area contributed by atoms with E-state index >= 15 is 0 Å². The maximum absolute atomic E-state index is 11.3. The number of carboxylic acid groups (broad SMARTS) is 1. The highest BCUT2D eigenvalue weighted by Gasteiger charge is 2.00. The molecule has 5 heteroatoms. The molecule has 1 aromatic rings. The predicted molar refractivity (Wildman–Crippen MR) is 51.2 cm³/mol. The van der Waals surface area contributed by atoms with Gasteiger partial charge in [0.25, 0.3) is 0 Å². The number of carbonyl (C=O) groups is 1.